The average Bonchev–Trinajstić information content (AvgIpc) is 2.94. The minimum atomic E-state index is -0.224. The molecule has 1 aliphatic rings. The van der Waals surface area contributed by atoms with Crippen LogP contribution in [0, 0.1) is 12.8 Å². The zero-order valence-electron chi connectivity index (χ0n) is 11.8. The molecule has 2 heterocycles. The van der Waals surface area contributed by atoms with Crippen LogP contribution in [0.5, 0.6) is 0 Å². The van der Waals surface area contributed by atoms with Gasteiger partial charge >= 0.3 is 5.69 Å². The topological polar surface area (TPSA) is 56.0 Å². The van der Waals surface area contributed by atoms with Crippen LogP contribution >= 0.6 is 0 Å². The monoisotopic (exact) mass is 273 g/mol. The lowest BCUT2D eigenvalue weighted by Crippen LogP contribution is -2.41. The Balaban J connectivity index is 2.21. The van der Waals surface area contributed by atoms with Crippen molar-refractivity contribution in [1.29, 1.82) is 0 Å². The molecule has 5 nitrogen and oxygen atoms in total. The maximum atomic E-state index is 12.6. The fraction of sp³-hybridized carbons (Fsp3) is 0.467. The van der Waals surface area contributed by atoms with Crippen LogP contribution in [-0.2, 0) is 13.6 Å². The summed E-state index contributed by atoms with van der Waals surface area (Å²) in [4.78, 5) is 25.0. The fourth-order valence-electron chi connectivity index (χ4n) is 2.92. The molecule has 0 saturated carbocycles. The lowest BCUT2D eigenvalue weighted by atomic mass is 10.1. The predicted octanol–water partition coefficient (Wildman–Crippen LogP) is 0.618. The van der Waals surface area contributed by atoms with Gasteiger partial charge in [0.15, 0.2) is 0 Å². The van der Waals surface area contributed by atoms with Gasteiger partial charge in [-0.05, 0) is 44.5 Å². The van der Waals surface area contributed by atoms with Crippen LogP contribution in [0.15, 0.2) is 27.8 Å². The van der Waals surface area contributed by atoms with Crippen molar-refractivity contribution in [1.82, 2.24) is 14.5 Å². The Hall–Kier alpha value is -1.88. The molecule has 1 N–H and O–H groups in total. The molecule has 1 aromatic heterocycles. The number of hydrogen-bond donors (Lipinski definition) is 1. The highest BCUT2D eigenvalue weighted by Crippen LogP contribution is 2.12. The summed E-state index contributed by atoms with van der Waals surface area (Å²) < 4.78 is 2.96. The largest absolute Gasteiger partial charge is 0.331 e. The van der Waals surface area contributed by atoms with E-state index in [4.69, 9.17) is 0 Å². The zero-order valence-corrected chi connectivity index (χ0v) is 11.8. The summed E-state index contributed by atoms with van der Waals surface area (Å²) in [6, 6.07) is 5.63. The minimum absolute atomic E-state index is 0.168. The SMILES string of the molecule is Cc1ccc2c(c1)c(=O)n(CC1CCNC1)c(=O)n2C. The molecule has 1 aromatic carbocycles. The van der Waals surface area contributed by atoms with Gasteiger partial charge in [-0.2, -0.15) is 0 Å². The first kappa shape index (κ1) is 13.1. The highest BCUT2D eigenvalue weighted by Gasteiger charge is 2.18. The van der Waals surface area contributed by atoms with Gasteiger partial charge in [-0.15, -0.1) is 0 Å². The maximum Gasteiger partial charge on any atom is 0.331 e. The van der Waals surface area contributed by atoms with Gasteiger partial charge in [0, 0.05) is 13.6 Å². The lowest BCUT2D eigenvalue weighted by Gasteiger charge is -2.14. The Bertz CT molecular complexity index is 767. The van der Waals surface area contributed by atoms with E-state index in [0.717, 1.165) is 25.1 Å². The Morgan fingerprint density at radius 1 is 1.35 bits per heavy atom. The molecule has 20 heavy (non-hydrogen) atoms. The Morgan fingerprint density at radius 2 is 2.15 bits per heavy atom. The average molecular weight is 273 g/mol. The van der Waals surface area contributed by atoms with E-state index in [-0.39, 0.29) is 11.2 Å². The van der Waals surface area contributed by atoms with Crippen molar-refractivity contribution in [3.8, 4) is 0 Å². The van der Waals surface area contributed by atoms with Crippen LogP contribution in [0.4, 0.5) is 0 Å². The van der Waals surface area contributed by atoms with E-state index in [2.05, 4.69) is 5.32 Å². The number of aromatic nitrogens is 2. The smallest absolute Gasteiger partial charge is 0.316 e. The fourth-order valence-corrected chi connectivity index (χ4v) is 2.92. The van der Waals surface area contributed by atoms with E-state index < -0.39 is 0 Å². The van der Waals surface area contributed by atoms with Crippen molar-refractivity contribution < 1.29 is 0 Å². The molecule has 1 unspecified atom stereocenters. The van der Waals surface area contributed by atoms with Crippen LogP contribution in [0.2, 0.25) is 0 Å². The third kappa shape index (κ3) is 2.08. The first-order chi connectivity index (χ1) is 9.58. The van der Waals surface area contributed by atoms with Gasteiger partial charge in [0.05, 0.1) is 10.9 Å². The molecule has 0 spiro atoms. The number of fused-ring (bicyclic) bond motifs is 1. The van der Waals surface area contributed by atoms with Gasteiger partial charge in [0.25, 0.3) is 5.56 Å². The molecule has 0 aliphatic carbocycles. The molecule has 0 amide bonds. The predicted molar refractivity (Wildman–Crippen MR) is 79.2 cm³/mol. The summed E-state index contributed by atoms with van der Waals surface area (Å²) in [6.45, 7) is 4.30. The van der Waals surface area contributed by atoms with Crippen molar-refractivity contribution in [2.24, 2.45) is 13.0 Å². The molecule has 1 saturated heterocycles. The summed E-state index contributed by atoms with van der Waals surface area (Å²) in [5, 5.41) is 3.89. The second kappa shape index (κ2) is 4.90. The normalized spacial score (nSPS) is 18.8. The number of rotatable bonds is 2. The van der Waals surface area contributed by atoms with Crippen LogP contribution in [-0.4, -0.2) is 22.2 Å². The van der Waals surface area contributed by atoms with Crippen molar-refractivity contribution in [3.63, 3.8) is 0 Å². The molecule has 2 aromatic rings. The van der Waals surface area contributed by atoms with E-state index in [9.17, 15) is 9.59 Å². The molecule has 0 radical (unpaired) electrons. The number of benzene rings is 1. The van der Waals surface area contributed by atoms with Gasteiger partial charge in [0.1, 0.15) is 0 Å². The van der Waals surface area contributed by atoms with Crippen molar-refractivity contribution in [2.45, 2.75) is 19.9 Å². The van der Waals surface area contributed by atoms with Crippen molar-refractivity contribution >= 4 is 10.9 Å². The first-order valence-corrected chi connectivity index (χ1v) is 6.99. The molecule has 106 valence electrons. The van der Waals surface area contributed by atoms with Gasteiger partial charge in [0.2, 0.25) is 0 Å². The molecule has 0 bridgehead atoms. The van der Waals surface area contributed by atoms with Crippen LogP contribution in [0.25, 0.3) is 10.9 Å². The van der Waals surface area contributed by atoms with Crippen LogP contribution in [0.3, 0.4) is 0 Å². The Morgan fingerprint density at radius 3 is 2.85 bits per heavy atom. The minimum Gasteiger partial charge on any atom is -0.316 e. The summed E-state index contributed by atoms with van der Waals surface area (Å²) >= 11 is 0. The van der Waals surface area contributed by atoms with Gasteiger partial charge in [-0.3, -0.25) is 13.9 Å². The van der Waals surface area contributed by atoms with Gasteiger partial charge in [-0.1, -0.05) is 11.6 Å². The quantitative estimate of drug-likeness (QED) is 0.872. The molecule has 3 rings (SSSR count). The highest BCUT2D eigenvalue weighted by atomic mass is 16.2. The summed E-state index contributed by atoms with van der Waals surface area (Å²) in [5.41, 5.74) is 1.34. The van der Waals surface area contributed by atoms with Gasteiger partial charge in [-0.25, -0.2) is 4.79 Å². The van der Waals surface area contributed by atoms with Gasteiger partial charge < -0.3 is 5.32 Å². The summed E-state index contributed by atoms with van der Waals surface area (Å²) in [6.07, 6.45) is 1.02. The highest BCUT2D eigenvalue weighted by molar-refractivity contribution is 5.78. The maximum absolute atomic E-state index is 12.6. The standard InChI is InChI=1S/C15H19N3O2/c1-10-3-4-13-12(7-10)14(19)18(15(20)17(13)2)9-11-5-6-16-8-11/h3-4,7,11,16H,5-6,8-9H2,1-2H3. The molecule has 5 heteroatoms. The summed E-state index contributed by atoms with van der Waals surface area (Å²) in [5.74, 6) is 0.364. The van der Waals surface area contributed by atoms with E-state index in [1.54, 1.807) is 11.6 Å². The van der Waals surface area contributed by atoms with Crippen molar-refractivity contribution in [2.75, 3.05) is 13.1 Å². The van der Waals surface area contributed by atoms with E-state index in [1.807, 2.05) is 25.1 Å². The number of hydrogen-bond acceptors (Lipinski definition) is 3. The molecular formula is C15H19N3O2. The summed E-state index contributed by atoms with van der Waals surface area (Å²) in [7, 11) is 1.73. The van der Waals surface area contributed by atoms with E-state index >= 15 is 0 Å². The van der Waals surface area contributed by atoms with E-state index in [1.165, 1.54) is 4.57 Å². The first-order valence-electron chi connectivity index (χ1n) is 6.99. The number of aryl methyl sites for hydroxylation is 2. The Kier molecular flexibility index (Phi) is 3.22. The molecule has 1 aliphatic heterocycles. The molecule has 1 fully saturated rings. The zero-order chi connectivity index (χ0) is 14.3. The van der Waals surface area contributed by atoms with Crippen LogP contribution < -0.4 is 16.6 Å². The van der Waals surface area contributed by atoms with Crippen LogP contribution in [0.1, 0.15) is 12.0 Å². The molecule has 1 atom stereocenters. The second-order valence-electron chi connectivity index (χ2n) is 5.64. The third-order valence-electron chi connectivity index (χ3n) is 4.11. The van der Waals surface area contributed by atoms with Crippen molar-refractivity contribution in [3.05, 3.63) is 44.6 Å². The third-order valence-corrected chi connectivity index (χ3v) is 4.11. The lowest BCUT2D eigenvalue weighted by molar-refractivity contribution is 0.452. The Labute approximate surface area is 116 Å². The number of nitrogens with one attached hydrogen (secondary N) is 1. The number of nitrogens with zero attached hydrogens (tertiary/aromatic N) is 2. The van der Waals surface area contributed by atoms with E-state index in [0.29, 0.717) is 23.4 Å². The molecular weight excluding hydrogens is 254 g/mol. The second-order valence-corrected chi connectivity index (χ2v) is 5.64.